The van der Waals surface area contributed by atoms with Gasteiger partial charge in [0.1, 0.15) is 34.6 Å². The zero-order valence-corrected chi connectivity index (χ0v) is 75.9. The fourth-order valence-electron chi connectivity index (χ4n) is 19.4. The number of amides is 5. The van der Waals surface area contributed by atoms with Crippen LogP contribution >= 0.6 is 0 Å². The van der Waals surface area contributed by atoms with Crippen LogP contribution in [0, 0.1) is 64.5 Å². The van der Waals surface area contributed by atoms with Crippen LogP contribution in [0.3, 0.4) is 0 Å². The maximum Gasteiger partial charge on any atom is 0.284 e. The van der Waals surface area contributed by atoms with Crippen molar-refractivity contribution in [1.29, 1.82) is 0 Å². The summed E-state index contributed by atoms with van der Waals surface area (Å²) in [7, 11) is 0. The summed E-state index contributed by atoms with van der Waals surface area (Å²) in [6.45, 7) is 21.4. The number of carbonyl (C=O) groups excluding carboxylic acids is 5. The van der Waals surface area contributed by atoms with Crippen LogP contribution in [0.1, 0.15) is 219 Å². The number of aromatic nitrogens is 10. The van der Waals surface area contributed by atoms with Crippen molar-refractivity contribution in [3.8, 4) is 0 Å². The molecule has 134 heavy (non-hydrogen) atoms. The van der Waals surface area contributed by atoms with Gasteiger partial charge in [-0.3, -0.25) is 50.6 Å². The Kier molecular flexibility index (Phi) is 25.2. The van der Waals surface area contributed by atoms with Crippen molar-refractivity contribution in [1.82, 2.24) is 47.8 Å². The first-order valence-corrected chi connectivity index (χ1v) is 44.1. The van der Waals surface area contributed by atoms with Crippen molar-refractivity contribution in [2.24, 2.45) is 29.6 Å². The highest BCUT2D eigenvalue weighted by atomic mass is 19.3. The first kappa shape index (κ1) is 99.3. The van der Waals surface area contributed by atoms with Gasteiger partial charge in [0.15, 0.2) is 34.2 Å². The van der Waals surface area contributed by atoms with Crippen LogP contribution < -0.4 is 26.6 Å². The van der Waals surface area contributed by atoms with Gasteiger partial charge in [0.05, 0.1) is 49.7 Å². The smallest absolute Gasteiger partial charge is 0.284 e. The van der Waals surface area contributed by atoms with Crippen molar-refractivity contribution < 1.29 is 116 Å². The molecule has 5 amide bonds. The van der Waals surface area contributed by atoms with Crippen LogP contribution in [-0.4, -0.2) is 135 Å². The number of rotatable bonds is 18. The number of imidazole rings is 5. The predicted molar refractivity (Wildman–Crippen MR) is 460 cm³/mol. The van der Waals surface area contributed by atoms with Gasteiger partial charge in [0.25, 0.3) is 29.6 Å². The number of nitrogens with one attached hydrogen (secondary N) is 5. The van der Waals surface area contributed by atoms with Crippen molar-refractivity contribution in [3.05, 3.63) is 120 Å². The summed E-state index contributed by atoms with van der Waals surface area (Å²) >= 11 is 0. The van der Waals surface area contributed by atoms with Crippen LogP contribution in [-0.2, 0) is 51.7 Å². The molecule has 5 aromatic heterocycles. The van der Waals surface area contributed by atoms with E-state index in [2.05, 4.69) is 51.5 Å². The lowest BCUT2D eigenvalue weighted by atomic mass is 9.67. The van der Waals surface area contributed by atoms with E-state index >= 15 is 0 Å². The third-order valence-electron chi connectivity index (χ3n) is 28.3. The molecule has 18 rings (SSSR count). The van der Waals surface area contributed by atoms with Gasteiger partial charge >= 0.3 is 0 Å². The fourth-order valence-corrected chi connectivity index (χ4v) is 19.4. The predicted octanol–water partition coefficient (Wildman–Crippen LogP) is 23.8. The lowest BCUT2D eigenvalue weighted by Gasteiger charge is -2.47. The minimum Gasteiger partial charge on any atom is -0.305 e. The number of halogens is 21. The maximum absolute atomic E-state index is 14.5. The summed E-state index contributed by atoms with van der Waals surface area (Å²) in [5.74, 6) is -29.5. The number of alkyl halides is 15. The average Bonchev–Trinajstić information content (AvgIpc) is 1.66. The number of fused-ring (bicyclic) bond motifs is 5. The highest BCUT2D eigenvalue weighted by Crippen LogP contribution is 2.61. The zero-order chi connectivity index (χ0) is 98.7. The minimum atomic E-state index is -3.58. The molecule has 8 fully saturated rings. The lowest BCUT2D eigenvalue weighted by Crippen LogP contribution is -2.60. The Morgan fingerprint density at radius 2 is 0.567 bits per heavy atom. The second-order valence-electron chi connectivity index (χ2n) is 40.8. The summed E-state index contributed by atoms with van der Waals surface area (Å²) < 4.78 is 296. The van der Waals surface area contributed by atoms with E-state index in [4.69, 9.17) is 0 Å². The van der Waals surface area contributed by atoms with Gasteiger partial charge < -0.3 is 22.8 Å². The van der Waals surface area contributed by atoms with Crippen LogP contribution in [0.25, 0.3) is 55.2 Å². The first-order valence-electron chi connectivity index (χ1n) is 44.1. The van der Waals surface area contributed by atoms with Crippen molar-refractivity contribution in [3.63, 3.8) is 0 Å². The second-order valence-corrected chi connectivity index (χ2v) is 40.8. The normalized spacial score (nSPS) is 27.1. The van der Waals surface area contributed by atoms with E-state index in [-0.39, 0.29) is 77.5 Å². The van der Waals surface area contributed by atoms with E-state index in [1.165, 1.54) is 53.1 Å². The molecule has 10 atom stereocenters. The third kappa shape index (κ3) is 18.1. The average molecular weight is 1910 g/mol. The molecule has 0 spiro atoms. The summed E-state index contributed by atoms with van der Waals surface area (Å²) in [5.41, 5.74) is -11.0. The van der Waals surface area contributed by atoms with Gasteiger partial charge in [0, 0.05) is 139 Å². The summed E-state index contributed by atoms with van der Waals surface area (Å²) in [4.78, 5) is 82.8. The third-order valence-corrected chi connectivity index (χ3v) is 28.3. The number of hydrogen-bond acceptors (Lipinski definition) is 10. The highest BCUT2D eigenvalue weighted by Gasteiger charge is 2.71. The molecule has 728 valence electrons. The van der Waals surface area contributed by atoms with Crippen molar-refractivity contribution in [2.45, 2.75) is 305 Å². The summed E-state index contributed by atoms with van der Waals surface area (Å²) in [6.07, 6.45) is 3.12. The van der Waals surface area contributed by atoms with E-state index in [1.54, 1.807) is 33.4 Å². The molecule has 8 saturated carbocycles. The van der Waals surface area contributed by atoms with E-state index < -0.39 is 207 Å². The van der Waals surface area contributed by atoms with Crippen LogP contribution in [0.5, 0.6) is 0 Å². The van der Waals surface area contributed by atoms with Gasteiger partial charge in [-0.1, -0.05) is 0 Å². The Hall–Kier alpha value is -10.7. The van der Waals surface area contributed by atoms with E-state index in [9.17, 15) is 116 Å². The van der Waals surface area contributed by atoms with Gasteiger partial charge in [-0.15, -0.1) is 0 Å². The second kappa shape index (κ2) is 33.9. The quantitative estimate of drug-likeness (QED) is 0.0510. The monoisotopic (exact) mass is 1910 g/mol. The fraction of sp³-hybridized carbons (Fsp3) is 0.570. The molecular formula is C93H104F21N15O5. The molecule has 41 heteroatoms. The molecule has 8 aliphatic carbocycles. The summed E-state index contributed by atoms with van der Waals surface area (Å²) in [6, 6.07) is 18.4. The number of anilines is 5. The Morgan fingerprint density at radius 1 is 0.321 bits per heavy atom. The van der Waals surface area contributed by atoms with E-state index in [0.29, 0.717) is 57.0 Å². The molecule has 0 saturated heterocycles. The molecule has 10 unspecified atom stereocenters. The highest BCUT2D eigenvalue weighted by molar-refractivity contribution is 5.96. The van der Waals surface area contributed by atoms with Gasteiger partial charge in [-0.05, 0) is 223 Å². The topological polar surface area (TPSA) is 235 Å². The molecule has 0 bridgehead atoms. The first-order chi connectivity index (χ1) is 61.7. The number of carbonyl (C=O) groups is 5. The van der Waals surface area contributed by atoms with Crippen LogP contribution in [0.15, 0.2) is 84.9 Å². The largest absolute Gasteiger partial charge is 0.305 e. The Labute approximate surface area is 755 Å². The van der Waals surface area contributed by atoms with Gasteiger partial charge in [0.2, 0.25) is 59.3 Å². The molecule has 20 nitrogen and oxygen atoms in total. The number of benzene rings is 5. The van der Waals surface area contributed by atoms with Crippen molar-refractivity contribution >= 4 is 114 Å². The van der Waals surface area contributed by atoms with Gasteiger partial charge in [-0.2, -0.15) is 0 Å². The lowest BCUT2D eigenvalue weighted by molar-refractivity contribution is -0.248. The summed E-state index contributed by atoms with van der Waals surface area (Å²) in [5, 5.41) is 12.8. The molecule has 0 radical (unpaired) electrons. The Bertz CT molecular complexity index is 5970. The van der Waals surface area contributed by atoms with Crippen LogP contribution in [0.4, 0.5) is 122 Å². The molecule has 0 aliphatic heterocycles. The van der Waals surface area contributed by atoms with Crippen molar-refractivity contribution in [2.75, 3.05) is 26.6 Å². The molecule has 8 aliphatic rings. The standard InChI is InChI=1S/C19H20F5N3O.2C19H21F4N3O.2C18H21F4N3O/c1-17(4-3-5-17)27-15-12(21)7-11(20)8-13(15)25-16(27)26-14(28)6-10-9-18(2,22)19(10,23)24;2*1-17(6-3-7-17)26-14-5-4-12(20)9-13(14)24-16(26)25-15(27)8-11-10-18(2,21)19(11,22)23;2*1-16(2,3)25-13-6-5-11(19)8-12(13)23-15(25)24-14(26)7-10-9-18(21,22)17(10,4)20/h7-8,10H,3-6,9H2,1-2H3,(H,25,26,28);2*4-5,9,11H,3,6-8,10H2,1-2H3,(H,24,25,27);2*5-6,8,10H,7,9H2,1-4H3,(H,23,24,26). The van der Waals surface area contributed by atoms with E-state index in [1.807, 2.05) is 71.4 Å². The van der Waals surface area contributed by atoms with Crippen LogP contribution in [0.2, 0.25) is 0 Å². The number of nitrogens with zero attached hydrogens (tertiary/aromatic N) is 10. The molecule has 5 N–H and O–H groups in total. The maximum atomic E-state index is 14.5. The number of hydrogen-bond donors (Lipinski definition) is 5. The molecular weight excluding hydrogens is 1810 g/mol. The zero-order valence-electron chi connectivity index (χ0n) is 75.9. The molecule has 5 heterocycles. The SMILES string of the molecule is CC(C)(C)n1c(NC(=O)CC2CC(F)(F)C2(C)F)nc2cc(F)ccc21.CC(C)(C)n1c(NC(=O)CC2CC(F)(F)C2(C)F)nc2cc(F)ccc21.CC1(n2c(NC(=O)CC3CC(C)(F)C3(F)F)nc3cc(F)cc(F)c32)CCC1.CC1(n2c(NC(=O)CC3CC(C)(F)C3(F)F)nc3cc(F)ccc32)CCC1.CC1(n2c(NC(=O)CC3CC(C)(F)C3(F)F)nc3cc(F)ccc32)CCC1. The Balaban J connectivity index is 0.000000134. The minimum absolute atomic E-state index is 0.0163. The van der Waals surface area contributed by atoms with Gasteiger partial charge in [-0.25, -0.2) is 117 Å². The molecule has 10 aromatic rings. The Morgan fingerprint density at radius 3 is 0.828 bits per heavy atom. The molecule has 5 aromatic carbocycles. The van der Waals surface area contributed by atoms with E-state index in [0.717, 1.165) is 91.7 Å².